The lowest BCUT2D eigenvalue weighted by Gasteiger charge is -2.16. The Morgan fingerprint density at radius 2 is 1.90 bits per heavy atom. The van der Waals surface area contributed by atoms with Crippen LogP contribution in [0.25, 0.3) is 0 Å². The Morgan fingerprint density at radius 1 is 1.00 bits per heavy atom. The second-order valence-electron chi connectivity index (χ2n) is 5.17. The van der Waals surface area contributed by atoms with Crippen LogP contribution in [-0.2, 0) is 13.0 Å². The number of nitrogens with zero attached hydrogens (tertiary/aromatic N) is 1. The van der Waals surface area contributed by atoms with Crippen LogP contribution in [0.2, 0.25) is 0 Å². The summed E-state index contributed by atoms with van der Waals surface area (Å²) in [6.07, 6.45) is 4.26. The van der Waals surface area contributed by atoms with E-state index in [2.05, 4.69) is 39.9 Å². The number of anilines is 1. The van der Waals surface area contributed by atoms with Crippen LogP contribution in [0.4, 0.5) is 5.82 Å². The van der Waals surface area contributed by atoms with E-state index in [0.717, 1.165) is 37.8 Å². The molecule has 0 amide bonds. The van der Waals surface area contributed by atoms with Crippen LogP contribution in [-0.4, -0.2) is 24.7 Å². The molecule has 1 aromatic carbocycles. The van der Waals surface area contributed by atoms with Gasteiger partial charge in [-0.25, -0.2) is 4.98 Å². The first kappa shape index (κ1) is 13.9. The molecule has 0 fully saturated rings. The van der Waals surface area contributed by atoms with Gasteiger partial charge in [0.2, 0.25) is 0 Å². The molecule has 0 unspecified atom stereocenters. The quantitative estimate of drug-likeness (QED) is 0.780. The summed E-state index contributed by atoms with van der Waals surface area (Å²) in [6, 6.07) is 12.5. The molecule has 4 rings (SSSR count). The third-order valence-electron chi connectivity index (χ3n) is 3.66. The zero-order chi connectivity index (χ0) is 14.3. The monoisotopic (exact) mass is 283 g/mol. The molecule has 3 heterocycles. The molecular formula is C17H21N3O. The Hall–Kier alpha value is -2.07. The minimum atomic E-state index is 0.735. The van der Waals surface area contributed by atoms with Gasteiger partial charge < -0.3 is 15.4 Å². The van der Waals surface area contributed by atoms with Crippen molar-refractivity contribution >= 4 is 5.82 Å². The van der Waals surface area contributed by atoms with E-state index >= 15 is 0 Å². The molecule has 0 bridgehead atoms. The first-order valence-electron chi connectivity index (χ1n) is 7.53. The van der Waals surface area contributed by atoms with E-state index in [9.17, 15) is 0 Å². The first-order valence-corrected chi connectivity index (χ1v) is 7.53. The highest BCUT2D eigenvalue weighted by atomic mass is 16.5. The van der Waals surface area contributed by atoms with Crippen molar-refractivity contribution in [2.45, 2.75) is 19.4 Å². The number of rotatable bonds is 0. The number of aromatic nitrogens is 1. The van der Waals surface area contributed by atoms with Crippen LogP contribution in [0, 0.1) is 0 Å². The minimum absolute atomic E-state index is 0.735. The molecule has 2 aliphatic rings. The third-order valence-corrected chi connectivity index (χ3v) is 3.66. The highest BCUT2D eigenvalue weighted by Crippen LogP contribution is 2.22. The van der Waals surface area contributed by atoms with Crippen LogP contribution in [0.5, 0.6) is 5.75 Å². The van der Waals surface area contributed by atoms with Crippen molar-refractivity contribution in [2.75, 3.05) is 25.0 Å². The molecule has 1 aromatic heterocycles. The molecule has 4 heteroatoms. The summed E-state index contributed by atoms with van der Waals surface area (Å²) >= 11 is 0. The van der Waals surface area contributed by atoms with Gasteiger partial charge in [0.05, 0.1) is 6.54 Å². The van der Waals surface area contributed by atoms with Gasteiger partial charge in [0.15, 0.2) is 11.6 Å². The van der Waals surface area contributed by atoms with E-state index in [0.29, 0.717) is 0 Å². The molecule has 2 N–H and O–H groups in total. The second-order valence-corrected chi connectivity index (χ2v) is 5.17. The number of pyridine rings is 1. The molecule has 21 heavy (non-hydrogen) atoms. The van der Waals surface area contributed by atoms with Gasteiger partial charge in [0.25, 0.3) is 0 Å². The molecule has 0 saturated carbocycles. The fourth-order valence-electron chi connectivity index (χ4n) is 2.57. The number of hydrogen-bond acceptors (Lipinski definition) is 4. The summed E-state index contributed by atoms with van der Waals surface area (Å²) in [5, 5.41) is 6.53. The van der Waals surface area contributed by atoms with Crippen molar-refractivity contribution in [2.24, 2.45) is 0 Å². The summed E-state index contributed by atoms with van der Waals surface area (Å²) in [6.45, 7) is 3.80. The van der Waals surface area contributed by atoms with Crippen molar-refractivity contribution in [3.8, 4) is 5.75 Å². The third kappa shape index (κ3) is 3.73. The minimum Gasteiger partial charge on any atom is -0.488 e. The summed E-state index contributed by atoms with van der Waals surface area (Å²) in [4.78, 5) is 4.08. The van der Waals surface area contributed by atoms with Crippen molar-refractivity contribution < 1.29 is 4.74 Å². The molecule has 0 radical (unpaired) electrons. The fraction of sp³-hybridized carbons (Fsp3) is 0.353. The molecular weight excluding hydrogens is 262 g/mol. The van der Waals surface area contributed by atoms with Gasteiger partial charge in [-0.05, 0) is 42.6 Å². The van der Waals surface area contributed by atoms with Crippen LogP contribution >= 0.6 is 0 Å². The number of fused-ring (bicyclic) bond motifs is 2. The largest absolute Gasteiger partial charge is 0.488 e. The Bertz CT molecular complexity index is 536. The van der Waals surface area contributed by atoms with Gasteiger partial charge in [-0.2, -0.15) is 0 Å². The summed E-state index contributed by atoms with van der Waals surface area (Å²) in [5.74, 6) is 1.71. The average Bonchev–Trinajstić information content (AvgIpc) is 2.81. The SMILES string of the molecule is c1ccc2c(c1)CCCNC2.c1cnc2c(c1)OCCN2. The standard InChI is InChI=1S/C10H13N.C7H8N2O/c1-2-5-10-8-11-7-3-6-9(10)4-1;1-2-6-7(8-3-1)9-4-5-10-6/h1-2,4-5,11H,3,6-8H2;1-3H,4-5H2,(H,8,9). The van der Waals surface area contributed by atoms with Crippen molar-refractivity contribution in [1.82, 2.24) is 10.3 Å². The van der Waals surface area contributed by atoms with Crippen molar-refractivity contribution in [1.29, 1.82) is 0 Å². The molecule has 110 valence electrons. The van der Waals surface area contributed by atoms with Gasteiger partial charge >= 0.3 is 0 Å². The zero-order valence-corrected chi connectivity index (χ0v) is 12.1. The first-order chi connectivity index (χ1) is 10.4. The Kier molecular flexibility index (Phi) is 4.69. The predicted octanol–water partition coefficient (Wildman–Crippen LogP) is 2.61. The Balaban J connectivity index is 0.000000126. The lowest BCUT2D eigenvalue weighted by Crippen LogP contribution is -2.18. The Labute approximate surface area is 125 Å². The lowest BCUT2D eigenvalue weighted by atomic mass is 10.0. The lowest BCUT2D eigenvalue weighted by molar-refractivity contribution is 0.321. The second kappa shape index (κ2) is 7.09. The maximum Gasteiger partial charge on any atom is 0.168 e. The van der Waals surface area contributed by atoms with Crippen LogP contribution in [0.3, 0.4) is 0 Å². The number of ether oxygens (including phenoxy) is 1. The molecule has 0 aliphatic carbocycles. The van der Waals surface area contributed by atoms with Crippen LogP contribution in [0.1, 0.15) is 17.5 Å². The maximum atomic E-state index is 5.30. The predicted molar refractivity (Wildman–Crippen MR) is 84.7 cm³/mol. The van der Waals surface area contributed by atoms with E-state index in [4.69, 9.17) is 4.74 Å². The van der Waals surface area contributed by atoms with Crippen LogP contribution < -0.4 is 15.4 Å². The molecule has 4 nitrogen and oxygen atoms in total. The van der Waals surface area contributed by atoms with Crippen LogP contribution in [0.15, 0.2) is 42.6 Å². The number of benzene rings is 1. The molecule has 0 saturated heterocycles. The van der Waals surface area contributed by atoms with E-state index in [1.54, 1.807) is 6.20 Å². The van der Waals surface area contributed by atoms with Crippen molar-refractivity contribution in [3.05, 3.63) is 53.7 Å². The van der Waals surface area contributed by atoms with E-state index < -0.39 is 0 Å². The topological polar surface area (TPSA) is 46.2 Å². The number of nitrogens with one attached hydrogen (secondary N) is 2. The highest BCUT2D eigenvalue weighted by Gasteiger charge is 2.07. The normalized spacial score (nSPS) is 16.0. The molecule has 0 atom stereocenters. The van der Waals surface area contributed by atoms with Gasteiger partial charge in [-0.3, -0.25) is 0 Å². The fourth-order valence-corrected chi connectivity index (χ4v) is 2.57. The van der Waals surface area contributed by atoms with E-state index in [1.165, 1.54) is 24.0 Å². The van der Waals surface area contributed by atoms with Gasteiger partial charge in [-0.15, -0.1) is 0 Å². The molecule has 2 aromatic rings. The van der Waals surface area contributed by atoms with E-state index in [-0.39, 0.29) is 0 Å². The average molecular weight is 283 g/mol. The summed E-state index contributed by atoms with van der Waals surface area (Å²) in [5.41, 5.74) is 3.00. The van der Waals surface area contributed by atoms with Gasteiger partial charge in [0, 0.05) is 12.7 Å². The number of aryl methyl sites for hydroxylation is 1. The summed E-state index contributed by atoms with van der Waals surface area (Å²) in [7, 11) is 0. The number of hydrogen-bond donors (Lipinski definition) is 2. The smallest absolute Gasteiger partial charge is 0.168 e. The van der Waals surface area contributed by atoms with Gasteiger partial charge in [0.1, 0.15) is 6.61 Å². The van der Waals surface area contributed by atoms with Crippen molar-refractivity contribution in [3.63, 3.8) is 0 Å². The zero-order valence-electron chi connectivity index (χ0n) is 12.1. The summed E-state index contributed by atoms with van der Waals surface area (Å²) < 4.78 is 5.30. The Morgan fingerprint density at radius 3 is 2.81 bits per heavy atom. The molecule has 0 spiro atoms. The van der Waals surface area contributed by atoms with E-state index in [1.807, 2.05) is 12.1 Å². The maximum absolute atomic E-state index is 5.30. The van der Waals surface area contributed by atoms with Gasteiger partial charge in [-0.1, -0.05) is 24.3 Å². The molecule has 2 aliphatic heterocycles. The highest BCUT2D eigenvalue weighted by molar-refractivity contribution is 5.50.